The normalized spacial score (nSPS) is 15.1. The minimum Gasteiger partial charge on any atom is -0.368 e. The number of amides is 1. The van der Waals surface area contributed by atoms with Gasteiger partial charge in [0, 0.05) is 48.7 Å². The Bertz CT molecular complexity index is 981. The van der Waals surface area contributed by atoms with E-state index in [1.807, 2.05) is 32.0 Å². The minimum atomic E-state index is -3.35. The lowest BCUT2D eigenvalue weighted by Gasteiger charge is -2.37. The van der Waals surface area contributed by atoms with E-state index in [1.165, 1.54) is 6.07 Å². The molecule has 1 aliphatic rings. The maximum atomic E-state index is 13.0. The van der Waals surface area contributed by atoms with Gasteiger partial charge in [-0.2, -0.15) is 0 Å². The first-order valence-electron chi connectivity index (χ1n) is 8.78. The van der Waals surface area contributed by atoms with Crippen LogP contribution in [0.5, 0.6) is 0 Å². The molecule has 1 aliphatic heterocycles. The highest BCUT2D eigenvalue weighted by Crippen LogP contribution is 2.26. The van der Waals surface area contributed by atoms with Crippen molar-refractivity contribution in [3.8, 4) is 0 Å². The highest BCUT2D eigenvalue weighted by atomic mass is 35.5. The Labute approximate surface area is 165 Å². The van der Waals surface area contributed by atoms with Gasteiger partial charge in [-0.25, -0.2) is 8.42 Å². The van der Waals surface area contributed by atoms with Gasteiger partial charge < -0.3 is 9.80 Å². The number of halogens is 1. The Balaban J connectivity index is 1.77. The number of sulfone groups is 1. The number of aryl methyl sites for hydroxylation is 2. The number of carbonyl (C=O) groups excluding carboxylic acids is 1. The fraction of sp³-hybridized carbons (Fsp3) is 0.350. The first kappa shape index (κ1) is 19.7. The lowest BCUT2D eigenvalue weighted by atomic mass is 10.1. The van der Waals surface area contributed by atoms with E-state index in [4.69, 9.17) is 11.6 Å². The van der Waals surface area contributed by atoms with Crippen LogP contribution >= 0.6 is 11.6 Å². The second-order valence-corrected chi connectivity index (χ2v) is 9.41. The smallest absolute Gasteiger partial charge is 0.254 e. The summed E-state index contributed by atoms with van der Waals surface area (Å²) in [7, 11) is -3.35. The third kappa shape index (κ3) is 4.28. The van der Waals surface area contributed by atoms with Crippen molar-refractivity contribution in [3.05, 3.63) is 58.1 Å². The zero-order valence-electron chi connectivity index (χ0n) is 15.7. The van der Waals surface area contributed by atoms with Gasteiger partial charge in [-0.3, -0.25) is 4.79 Å². The van der Waals surface area contributed by atoms with Crippen molar-refractivity contribution in [1.82, 2.24) is 4.90 Å². The predicted octanol–water partition coefficient (Wildman–Crippen LogP) is 3.32. The first-order chi connectivity index (χ1) is 12.7. The van der Waals surface area contributed by atoms with E-state index in [1.54, 1.807) is 17.0 Å². The zero-order chi connectivity index (χ0) is 19.8. The summed E-state index contributed by atoms with van der Waals surface area (Å²) in [5.74, 6) is -0.125. The summed E-state index contributed by atoms with van der Waals surface area (Å²) in [6, 6.07) is 10.5. The minimum absolute atomic E-state index is 0.125. The molecule has 0 spiro atoms. The maximum Gasteiger partial charge on any atom is 0.254 e. The van der Waals surface area contributed by atoms with Gasteiger partial charge in [0.2, 0.25) is 0 Å². The van der Waals surface area contributed by atoms with E-state index in [2.05, 4.69) is 4.90 Å². The zero-order valence-corrected chi connectivity index (χ0v) is 17.3. The summed E-state index contributed by atoms with van der Waals surface area (Å²) in [4.78, 5) is 17.1. The average molecular weight is 407 g/mol. The van der Waals surface area contributed by atoms with Crippen LogP contribution in [0.3, 0.4) is 0 Å². The fourth-order valence-electron chi connectivity index (χ4n) is 3.31. The second-order valence-electron chi connectivity index (χ2n) is 6.96. The van der Waals surface area contributed by atoms with Crippen LogP contribution < -0.4 is 4.90 Å². The van der Waals surface area contributed by atoms with Gasteiger partial charge in [-0.1, -0.05) is 23.7 Å². The third-order valence-corrected chi connectivity index (χ3v) is 6.29. The summed E-state index contributed by atoms with van der Waals surface area (Å²) in [5, 5.41) is 0.697. The number of anilines is 1. The molecule has 0 saturated carbocycles. The van der Waals surface area contributed by atoms with Gasteiger partial charge in [-0.15, -0.1) is 0 Å². The molecular weight excluding hydrogens is 384 g/mol. The topological polar surface area (TPSA) is 57.7 Å². The number of nitrogens with zero attached hydrogens (tertiary/aromatic N) is 2. The summed E-state index contributed by atoms with van der Waals surface area (Å²) in [5.41, 5.74) is 3.46. The average Bonchev–Trinajstić information content (AvgIpc) is 2.63. The van der Waals surface area contributed by atoms with E-state index in [-0.39, 0.29) is 10.8 Å². The molecule has 0 aliphatic carbocycles. The summed E-state index contributed by atoms with van der Waals surface area (Å²) >= 11 is 6.12. The van der Waals surface area contributed by atoms with Crippen molar-refractivity contribution in [1.29, 1.82) is 0 Å². The lowest BCUT2D eigenvalue weighted by molar-refractivity contribution is 0.0746. The van der Waals surface area contributed by atoms with E-state index in [0.717, 1.165) is 23.1 Å². The third-order valence-electron chi connectivity index (χ3n) is 4.95. The molecule has 0 radical (unpaired) electrons. The second kappa shape index (κ2) is 7.52. The van der Waals surface area contributed by atoms with Crippen LogP contribution in [0.4, 0.5) is 5.69 Å². The van der Waals surface area contributed by atoms with Crippen molar-refractivity contribution < 1.29 is 13.2 Å². The molecule has 0 aromatic heterocycles. The number of hydrogen-bond acceptors (Lipinski definition) is 4. The van der Waals surface area contributed by atoms with Crippen LogP contribution in [0, 0.1) is 13.8 Å². The van der Waals surface area contributed by atoms with Crippen molar-refractivity contribution in [2.45, 2.75) is 18.7 Å². The molecule has 2 aromatic rings. The molecule has 0 bridgehead atoms. The highest BCUT2D eigenvalue weighted by Gasteiger charge is 2.25. The van der Waals surface area contributed by atoms with Crippen LogP contribution in [0.1, 0.15) is 21.5 Å². The lowest BCUT2D eigenvalue weighted by Crippen LogP contribution is -2.49. The molecule has 0 atom stereocenters. The number of carbonyl (C=O) groups is 1. The molecule has 1 saturated heterocycles. The van der Waals surface area contributed by atoms with Crippen LogP contribution in [-0.2, 0) is 9.84 Å². The Kier molecular flexibility index (Phi) is 5.49. The maximum absolute atomic E-state index is 13.0. The highest BCUT2D eigenvalue weighted by molar-refractivity contribution is 7.90. The van der Waals surface area contributed by atoms with Crippen molar-refractivity contribution >= 4 is 33.0 Å². The molecule has 3 rings (SSSR count). The largest absolute Gasteiger partial charge is 0.368 e. The molecule has 1 amide bonds. The van der Waals surface area contributed by atoms with Crippen LogP contribution in [-0.4, -0.2) is 51.7 Å². The molecule has 0 unspecified atom stereocenters. The van der Waals surface area contributed by atoms with Gasteiger partial charge >= 0.3 is 0 Å². The van der Waals surface area contributed by atoms with Crippen LogP contribution in [0.25, 0.3) is 0 Å². The Morgan fingerprint density at radius 1 is 0.963 bits per heavy atom. The Hall–Kier alpha value is -2.05. The van der Waals surface area contributed by atoms with Crippen molar-refractivity contribution in [2.75, 3.05) is 37.3 Å². The van der Waals surface area contributed by atoms with Gasteiger partial charge in [-0.05, 0) is 49.2 Å². The number of hydrogen-bond donors (Lipinski definition) is 0. The van der Waals surface area contributed by atoms with Crippen molar-refractivity contribution in [2.24, 2.45) is 0 Å². The Morgan fingerprint density at radius 2 is 1.59 bits per heavy atom. The first-order valence-corrected chi connectivity index (χ1v) is 11.0. The van der Waals surface area contributed by atoms with E-state index in [9.17, 15) is 13.2 Å². The SMILES string of the molecule is Cc1ccc(S(C)(=O)=O)cc1C(=O)N1CCN(c2cc(Cl)ccc2C)CC1. The molecule has 5 nitrogen and oxygen atoms in total. The van der Waals surface area contributed by atoms with Crippen molar-refractivity contribution in [3.63, 3.8) is 0 Å². The summed E-state index contributed by atoms with van der Waals surface area (Å²) in [6.45, 7) is 6.43. The fourth-order valence-corrected chi connectivity index (χ4v) is 4.12. The molecule has 1 fully saturated rings. The molecule has 1 heterocycles. The molecule has 27 heavy (non-hydrogen) atoms. The quantitative estimate of drug-likeness (QED) is 0.784. The molecule has 0 N–H and O–H groups in total. The summed E-state index contributed by atoms with van der Waals surface area (Å²) < 4.78 is 23.6. The molecular formula is C20H23ClN2O3S. The van der Waals surface area contributed by atoms with E-state index in [0.29, 0.717) is 36.8 Å². The van der Waals surface area contributed by atoms with Gasteiger partial charge in [0.25, 0.3) is 5.91 Å². The number of rotatable bonds is 3. The number of piperazine rings is 1. The predicted molar refractivity (Wildman–Crippen MR) is 109 cm³/mol. The van der Waals surface area contributed by atoms with E-state index < -0.39 is 9.84 Å². The van der Waals surface area contributed by atoms with Gasteiger partial charge in [0.05, 0.1) is 4.90 Å². The van der Waals surface area contributed by atoms with Crippen LogP contribution in [0.2, 0.25) is 5.02 Å². The van der Waals surface area contributed by atoms with Crippen LogP contribution in [0.15, 0.2) is 41.3 Å². The summed E-state index contributed by atoms with van der Waals surface area (Å²) in [6.07, 6.45) is 1.15. The monoisotopic (exact) mass is 406 g/mol. The molecule has 7 heteroatoms. The van der Waals surface area contributed by atoms with Gasteiger partial charge in [0.1, 0.15) is 0 Å². The van der Waals surface area contributed by atoms with Gasteiger partial charge in [0.15, 0.2) is 9.84 Å². The Morgan fingerprint density at radius 3 is 2.22 bits per heavy atom. The standard InChI is InChI=1S/C20H23ClN2O3S/c1-14-5-7-17(27(3,25)26)13-18(14)20(24)23-10-8-22(9-11-23)19-12-16(21)6-4-15(19)2/h4-7,12-13H,8-11H2,1-3H3. The van der Waals surface area contributed by atoms with E-state index >= 15 is 0 Å². The molecule has 2 aromatic carbocycles. The molecule has 144 valence electrons. The number of benzene rings is 2.